The zero-order valence-corrected chi connectivity index (χ0v) is 13.7. The molecule has 0 saturated heterocycles. The summed E-state index contributed by atoms with van der Waals surface area (Å²) in [5, 5.41) is 10.3. The molecule has 0 spiro atoms. The highest BCUT2D eigenvalue weighted by Gasteiger charge is 2.08. The average molecular weight is 356 g/mol. The number of aryl methyl sites for hydroxylation is 1. The summed E-state index contributed by atoms with van der Waals surface area (Å²) in [6.07, 6.45) is 0.362. The van der Waals surface area contributed by atoms with Crippen molar-refractivity contribution >= 4 is 27.5 Å². The summed E-state index contributed by atoms with van der Waals surface area (Å²) in [5.41, 5.74) is 1.90. The molecule has 2 rings (SSSR count). The van der Waals surface area contributed by atoms with Gasteiger partial charge in [0.2, 0.25) is 0 Å². The molecule has 4 heteroatoms. The number of halogens is 2. The van der Waals surface area contributed by atoms with Gasteiger partial charge in [-0.05, 0) is 70.7 Å². The summed E-state index contributed by atoms with van der Waals surface area (Å²) in [7, 11) is 0. The number of benzene rings is 2. The van der Waals surface area contributed by atoms with Crippen molar-refractivity contribution in [3.05, 3.63) is 57.0 Å². The van der Waals surface area contributed by atoms with Crippen LogP contribution in [-0.2, 0) is 6.42 Å². The van der Waals surface area contributed by atoms with Crippen LogP contribution < -0.4 is 4.74 Å². The third kappa shape index (κ3) is 3.54. The minimum Gasteiger partial charge on any atom is -0.456 e. The van der Waals surface area contributed by atoms with E-state index < -0.39 is 6.10 Å². The van der Waals surface area contributed by atoms with Crippen LogP contribution in [0, 0.1) is 0 Å². The fourth-order valence-corrected chi connectivity index (χ4v) is 2.60. The first-order chi connectivity index (χ1) is 9.51. The molecule has 0 aliphatic rings. The maximum atomic E-state index is 9.55. The van der Waals surface area contributed by atoms with Gasteiger partial charge in [0, 0.05) is 5.02 Å². The van der Waals surface area contributed by atoms with Crippen molar-refractivity contribution in [2.24, 2.45) is 0 Å². The molecule has 0 aromatic heterocycles. The van der Waals surface area contributed by atoms with E-state index in [9.17, 15) is 5.11 Å². The Morgan fingerprint density at radius 3 is 2.60 bits per heavy atom. The standard InChI is InChI=1S/C16H16BrClO2/c1-3-11-8-13(5-6-15(11)18)20-16-7-4-12(10(2)19)9-14(16)17/h4-10,19H,3H2,1-2H3/t10-/m0/s1. The highest BCUT2D eigenvalue weighted by atomic mass is 79.9. The van der Waals surface area contributed by atoms with Crippen LogP contribution in [0.2, 0.25) is 5.02 Å². The predicted octanol–water partition coefficient (Wildman–Crippen LogP) is 5.51. The minimum absolute atomic E-state index is 0.498. The Morgan fingerprint density at radius 1 is 1.25 bits per heavy atom. The van der Waals surface area contributed by atoms with Gasteiger partial charge in [0.25, 0.3) is 0 Å². The molecule has 2 aromatic carbocycles. The molecule has 0 heterocycles. The molecule has 0 radical (unpaired) electrons. The minimum atomic E-state index is -0.498. The third-order valence-electron chi connectivity index (χ3n) is 3.06. The zero-order chi connectivity index (χ0) is 14.7. The van der Waals surface area contributed by atoms with Crippen LogP contribution in [0.25, 0.3) is 0 Å². The number of aliphatic hydroxyl groups is 1. The lowest BCUT2D eigenvalue weighted by Gasteiger charge is -2.12. The van der Waals surface area contributed by atoms with Crippen LogP contribution in [0.5, 0.6) is 11.5 Å². The monoisotopic (exact) mass is 354 g/mol. The fourth-order valence-electron chi connectivity index (χ4n) is 1.87. The maximum absolute atomic E-state index is 9.55. The second kappa shape index (κ2) is 6.61. The lowest BCUT2D eigenvalue weighted by Crippen LogP contribution is -1.93. The number of ether oxygens (including phenoxy) is 1. The van der Waals surface area contributed by atoms with Gasteiger partial charge in [0.05, 0.1) is 10.6 Å². The Bertz CT molecular complexity index is 611. The summed E-state index contributed by atoms with van der Waals surface area (Å²) in [6, 6.07) is 11.2. The molecule has 2 aromatic rings. The number of aliphatic hydroxyl groups excluding tert-OH is 1. The normalized spacial score (nSPS) is 12.2. The van der Waals surface area contributed by atoms with Gasteiger partial charge >= 0.3 is 0 Å². The molecular weight excluding hydrogens is 340 g/mol. The van der Waals surface area contributed by atoms with Crippen LogP contribution >= 0.6 is 27.5 Å². The molecule has 1 atom stereocenters. The van der Waals surface area contributed by atoms with E-state index in [4.69, 9.17) is 16.3 Å². The summed E-state index contributed by atoms with van der Waals surface area (Å²) < 4.78 is 6.66. The summed E-state index contributed by atoms with van der Waals surface area (Å²) in [4.78, 5) is 0. The van der Waals surface area contributed by atoms with Gasteiger partial charge in [-0.15, -0.1) is 0 Å². The van der Waals surface area contributed by atoms with Crippen molar-refractivity contribution in [1.82, 2.24) is 0 Å². The highest BCUT2D eigenvalue weighted by Crippen LogP contribution is 2.33. The third-order valence-corrected chi connectivity index (χ3v) is 4.05. The average Bonchev–Trinajstić information content (AvgIpc) is 2.42. The van der Waals surface area contributed by atoms with E-state index in [-0.39, 0.29) is 0 Å². The molecule has 0 aliphatic carbocycles. The molecule has 2 nitrogen and oxygen atoms in total. The Morgan fingerprint density at radius 2 is 2.00 bits per heavy atom. The van der Waals surface area contributed by atoms with Crippen LogP contribution in [0.1, 0.15) is 31.1 Å². The topological polar surface area (TPSA) is 29.5 Å². The molecule has 0 unspecified atom stereocenters. The Kier molecular flexibility index (Phi) is 5.08. The van der Waals surface area contributed by atoms with Gasteiger partial charge in [-0.1, -0.05) is 24.6 Å². The lowest BCUT2D eigenvalue weighted by atomic mass is 10.1. The van der Waals surface area contributed by atoms with Crippen molar-refractivity contribution in [2.45, 2.75) is 26.4 Å². The van der Waals surface area contributed by atoms with Gasteiger partial charge in [0.15, 0.2) is 0 Å². The van der Waals surface area contributed by atoms with E-state index >= 15 is 0 Å². The van der Waals surface area contributed by atoms with Crippen molar-refractivity contribution in [1.29, 1.82) is 0 Å². The van der Waals surface area contributed by atoms with Crippen molar-refractivity contribution in [3.63, 3.8) is 0 Å². The van der Waals surface area contributed by atoms with Gasteiger partial charge in [0.1, 0.15) is 11.5 Å². The molecule has 1 N–H and O–H groups in total. The Balaban J connectivity index is 2.26. The first-order valence-corrected chi connectivity index (χ1v) is 7.62. The van der Waals surface area contributed by atoms with Crippen LogP contribution in [0.4, 0.5) is 0 Å². The van der Waals surface area contributed by atoms with Crippen LogP contribution in [0.15, 0.2) is 40.9 Å². The first-order valence-electron chi connectivity index (χ1n) is 6.45. The summed E-state index contributed by atoms with van der Waals surface area (Å²) in [6.45, 7) is 3.79. The van der Waals surface area contributed by atoms with Crippen molar-refractivity contribution < 1.29 is 9.84 Å². The molecule has 0 saturated carbocycles. The van der Waals surface area contributed by atoms with E-state index in [0.29, 0.717) is 5.75 Å². The number of rotatable bonds is 4. The predicted molar refractivity (Wildman–Crippen MR) is 85.7 cm³/mol. The lowest BCUT2D eigenvalue weighted by molar-refractivity contribution is 0.199. The van der Waals surface area contributed by atoms with E-state index in [2.05, 4.69) is 22.9 Å². The molecule has 20 heavy (non-hydrogen) atoms. The quantitative estimate of drug-likeness (QED) is 0.783. The van der Waals surface area contributed by atoms with Crippen LogP contribution in [-0.4, -0.2) is 5.11 Å². The van der Waals surface area contributed by atoms with Gasteiger partial charge in [-0.2, -0.15) is 0 Å². The maximum Gasteiger partial charge on any atom is 0.141 e. The second-order valence-corrected chi connectivity index (χ2v) is 5.84. The highest BCUT2D eigenvalue weighted by molar-refractivity contribution is 9.10. The molecule has 0 aliphatic heterocycles. The van der Waals surface area contributed by atoms with E-state index in [1.54, 1.807) is 6.92 Å². The molecule has 0 amide bonds. The van der Waals surface area contributed by atoms with Crippen LogP contribution in [0.3, 0.4) is 0 Å². The van der Waals surface area contributed by atoms with E-state index in [0.717, 1.165) is 32.8 Å². The Hall–Kier alpha value is -1.03. The Labute approximate surface area is 132 Å². The van der Waals surface area contributed by atoms with Crippen molar-refractivity contribution in [2.75, 3.05) is 0 Å². The van der Waals surface area contributed by atoms with E-state index in [1.165, 1.54) is 0 Å². The SMILES string of the molecule is CCc1cc(Oc2ccc([C@H](C)O)cc2Br)ccc1Cl. The van der Waals surface area contributed by atoms with Crippen molar-refractivity contribution in [3.8, 4) is 11.5 Å². The second-order valence-electron chi connectivity index (χ2n) is 4.57. The van der Waals surface area contributed by atoms with Gasteiger partial charge < -0.3 is 9.84 Å². The van der Waals surface area contributed by atoms with E-state index in [1.807, 2.05) is 36.4 Å². The number of hydrogen-bond acceptors (Lipinski definition) is 2. The first kappa shape index (κ1) is 15.4. The zero-order valence-electron chi connectivity index (χ0n) is 11.4. The number of hydrogen-bond donors (Lipinski definition) is 1. The summed E-state index contributed by atoms with van der Waals surface area (Å²) in [5.74, 6) is 1.45. The summed E-state index contributed by atoms with van der Waals surface area (Å²) >= 11 is 9.55. The fraction of sp³-hybridized carbons (Fsp3) is 0.250. The largest absolute Gasteiger partial charge is 0.456 e. The van der Waals surface area contributed by atoms with Gasteiger partial charge in [-0.3, -0.25) is 0 Å². The molecular formula is C16H16BrClO2. The molecule has 0 fully saturated rings. The molecule has 0 bridgehead atoms. The smallest absolute Gasteiger partial charge is 0.141 e. The molecule has 106 valence electrons. The van der Waals surface area contributed by atoms with Gasteiger partial charge in [-0.25, -0.2) is 0 Å².